The fourth-order valence-electron chi connectivity index (χ4n) is 2.92. The van der Waals surface area contributed by atoms with E-state index < -0.39 is 0 Å². The largest absolute Gasteiger partial charge is 0.357 e. The molecule has 1 saturated heterocycles. The lowest BCUT2D eigenvalue weighted by Crippen LogP contribution is -2.42. The average Bonchev–Trinajstić information content (AvgIpc) is 2.97. The second-order valence-corrected chi connectivity index (χ2v) is 6.41. The minimum Gasteiger partial charge on any atom is -0.357 e. The first-order valence-electron chi connectivity index (χ1n) is 8.87. The normalized spacial score (nSPS) is 18.5. The predicted octanol–water partition coefficient (Wildman–Crippen LogP) is 1.12. The molecular weight excluding hydrogens is 304 g/mol. The van der Waals surface area contributed by atoms with Crippen LogP contribution in [0.1, 0.15) is 38.8 Å². The van der Waals surface area contributed by atoms with Crippen LogP contribution in [-0.2, 0) is 18.4 Å². The number of piperidine rings is 1. The van der Waals surface area contributed by atoms with Gasteiger partial charge in [0.25, 0.3) is 0 Å². The van der Waals surface area contributed by atoms with Gasteiger partial charge >= 0.3 is 0 Å². The van der Waals surface area contributed by atoms with E-state index in [1.165, 1.54) is 6.42 Å². The number of nitrogens with one attached hydrogen (secondary N) is 2. The molecule has 1 aromatic rings. The Bertz CT molecular complexity index is 553. The maximum Gasteiger partial charge on any atom is 0.224 e. The number of aliphatic imine (C=N–C) groups is 1. The number of aromatic nitrogens is 2. The fourth-order valence-corrected chi connectivity index (χ4v) is 2.92. The molecule has 1 aliphatic rings. The van der Waals surface area contributed by atoms with Crippen LogP contribution in [0.5, 0.6) is 0 Å². The van der Waals surface area contributed by atoms with Gasteiger partial charge < -0.3 is 15.5 Å². The van der Waals surface area contributed by atoms with E-state index in [1.807, 2.05) is 29.6 Å². The zero-order chi connectivity index (χ0) is 17.4. The Balaban J connectivity index is 1.78. The van der Waals surface area contributed by atoms with E-state index in [0.29, 0.717) is 25.4 Å². The lowest BCUT2D eigenvalue weighted by Gasteiger charge is -2.31. The van der Waals surface area contributed by atoms with Crippen molar-refractivity contribution in [3.05, 3.63) is 18.0 Å². The third-order valence-corrected chi connectivity index (χ3v) is 4.31. The molecule has 0 saturated carbocycles. The molecule has 0 radical (unpaired) electrons. The molecule has 7 nitrogen and oxygen atoms in total. The minimum atomic E-state index is 0.233. The van der Waals surface area contributed by atoms with E-state index >= 15 is 0 Å². The first-order valence-corrected chi connectivity index (χ1v) is 8.87. The highest BCUT2D eigenvalue weighted by atomic mass is 16.2. The average molecular weight is 334 g/mol. The van der Waals surface area contributed by atoms with Gasteiger partial charge in [0.2, 0.25) is 5.91 Å². The summed E-state index contributed by atoms with van der Waals surface area (Å²) in [6.45, 7) is 7.98. The van der Waals surface area contributed by atoms with E-state index in [-0.39, 0.29) is 5.91 Å². The molecule has 1 unspecified atom stereocenters. The van der Waals surface area contributed by atoms with Gasteiger partial charge in [0.15, 0.2) is 5.96 Å². The van der Waals surface area contributed by atoms with Gasteiger partial charge in [-0.3, -0.25) is 9.48 Å². The number of hydrogen-bond donors (Lipinski definition) is 2. The molecule has 2 N–H and O–H groups in total. The SMILES string of the molecule is CCNC(=NCc1ccnn1C)NCCC(=O)N1CCCC(C)C1. The number of carbonyl (C=O) groups is 1. The van der Waals surface area contributed by atoms with Crippen molar-refractivity contribution in [2.75, 3.05) is 26.2 Å². The summed E-state index contributed by atoms with van der Waals surface area (Å²) in [6, 6.07) is 1.95. The molecule has 1 aromatic heterocycles. The maximum atomic E-state index is 12.3. The molecule has 2 rings (SSSR count). The Morgan fingerprint density at radius 2 is 2.29 bits per heavy atom. The highest BCUT2D eigenvalue weighted by Gasteiger charge is 2.20. The molecule has 2 heterocycles. The molecule has 1 fully saturated rings. The Morgan fingerprint density at radius 1 is 1.46 bits per heavy atom. The van der Waals surface area contributed by atoms with Crippen LogP contribution < -0.4 is 10.6 Å². The molecule has 24 heavy (non-hydrogen) atoms. The molecule has 0 bridgehead atoms. The highest BCUT2D eigenvalue weighted by Crippen LogP contribution is 2.15. The molecule has 134 valence electrons. The van der Waals surface area contributed by atoms with Crippen LogP contribution in [0.25, 0.3) is 0 Å². The summed E-state index contributed by atoms with van der Waals surface area (Å²) in [7, 11) is 1.91. The molecule has 0 aromatic carbocycles. The van der Waals surface area contributed by atoms with Gasteiger partial charge in [-0.25, -0.2) is 4.99 Å². The Kier molecular flexibility index (Phi) is 7.08. The molecular formula is C17H30N6O. The van der Waals surface area contributed by atoms with Gasteiger partial charge in [0, 0.05) is 45.8 Å². The Labute approximate surface area is 144 Å². The summed E-state index contributed by atoms with van der Waals surface area (Å²) in [5.41, 5.74) is 1.05. The van der Waals surface area contributed by atoms with Crippen LogP contribution in [0.3, 0.4) is 0 Å². The zero-order valence-corrected chi connectivity index (χ0v) is 15.1. The first-order chi connectivity index (χ1) is 11.6. The number of likely N-dealkylation sites (tertiary alicyclic amines) is 1. The van der Waals surface area contributed by atoms with Gasteiger partial charge in [0.05, 0.1) is 12.2 Å². The van der Waals surface area contributed by atoms with Gasteiger partial charge in [0.1, 0.15) is 0 Å². The third-order valence-electron chi connectivity index (χ3n) is 4.31. The van der Waals surface area contributed by atoms with Crippen molar-refractivity contribution in [3.63, 3.8) is 0 Å². The van der Waals surface area contributed by atoms with Crippen LogP contribution >= 0.6 is 0 Å². The maximum absolute atomic E-state index is 12.3. The van der Waals surface area contributed by atoms with Crippen molar-refractivity contribution in [1.82, 2.24) is 25.3 Å². The van der Waals surface area contributed by atoms with E-state index in [1.54, 1.807) is 6.20 Å². The van der Waals surface area contributed by atoms with Crippen LogP contribution in [0.4, 0.5) is 0 Å². The van der Waals surface area contributed by atoms with Gasteiger partial charge in [-0.2, -0.15) is 5.10 Å². The summed E-state index contributed by atoms with van der Waals surface area (Å²) >= 11 is 0. The number of aryl methyl sites for hydroxylation is 1. The van der Waals surface area contributed by atoms with Crippen molar-refractivity contribution in [3.8, 4) is 0 Å². The van der Waals surface area contributed by atoms with E-state index in [2.05, 4.69) is 27.6 Å². The molecule has 0 spiro atoms. The molecule has 7 heteroatoms. The fraction of sp³-hybridized carbons (Fsp3) is 0.706. The number of hydrogen-bond acceptors (Lipinski definition) is 3. The van der Waals surface area contributed by atoms with Gasteiger partial charge in [-0.1, -0.05) is 6.92 Å². The summed E-state index contributed by atoms with van der Waals surface area (Å²) in [5.74, 6) is 1.59. The van der Waals surface area contributed by atoms with E-state index in [4.69, 9.17) is 0 Å². The quantitative estimate of drug-likeness (QED) is 0.604. The minimum absolute atomic E-state index is 0.233. The summed E-state index contributed by atoms with van der Waals surface area (Å²) < 4.78 is 1.81. The van der Waals surface area contributed by atoms with Crippen molar-refractivity contribution >= 4 is 11.9 Å². The van der Waals surface area contributed by atoms with Crippen molar-refractivity contribution in [2.24, 2.45) is 18.0 Å². The van der Waals surface area contributed by atoms with Crippen LogP contribution in [-0.4, -0.2) is 52.7 Å². The highest BCUT2D eigenvalue weighted by molar-refractivity contribution is 5.81. The number of guanidine groups is 1. The second kappa shape index (κ2) is 9.30. The molecule has 1 aliphatic heterocycles. The summed E-state index contributed by atoms with van der Waals surface area (Å²) in [6.07, 6.45) is 4.62. The smallest absolute Gasteiger partial charge is 0.224 e. The zero-order valence-electron chi connectivity index (χ0n) is 15.1. The van der Waals surface area contributed by atoms with E-state index in [0.717, 1.165) is 37.7 Å². The Hall–Kier alpha value is -2.05. The number of amides is 1. The van der Waals surface area contributed by atoms with Gasteiger partial charge in [-0.05, 0) is 31.7 Å². The number of rotatable bonds is 6. The molecule has 0 aliphatic carbocycles. The monoisotopic (exact) mass is 334 g/mol. The van der Waals surface area contributed by atoms with E-state index in [9.17, 15) is 4.79 Å². The lowest BCUT2D eigenvalue weighted by atomic mass is 10.00. The lowest BCUT2D eigenvalue weighted by molar-refractivity contribution is -0.132. The molecule has 1 amide bonds. The second-order valence-electron chi connectivity index (χ2n) is 6.41. The first kappa shape index (κ1) is 18.3. The molecule has 1 atom stereocenters. The van der Waals surface area contributed by atoms with Crippen molar-refractivity contribution < 1.29 is 4.79 Å². The number of carbonyl (C=O) groups excluding carboxylic acids is 1. The standard InChI is InChI=1S/C17H30N6O/c1-4-18-17(20-12-15-7-10-21-22(15)3)19-9-8-16(24)23-11-5-6-14(2)13-23/h7,10,14H,4-6,8-9,11-13H2,1-3H3,(H2,18,19,20). The van der Waals surface area contributed by atoms with Crippen LogP contribution in [0.15, 0.2) is 17.3 Å². The predicted molar refractivity (Wildman–Crippen MR) is 95.6 cm³/mol. The summed E-state index contributed by atoms with van der Waals surface area (Å²) in [4.78, 5) is 18.8. The van der Waals surface area contributed by atoms with Crippen LogP contribution in [0, 0.1) is 5.92 Å². The van der Waals surface area contributed by atoms with Crippen LogP contribution in [0.2, 0.25) is 0 Å². The van der Waals surface area contributed by atoms with Gasteiger partial charge in [-0.15, -0.1) is 0 Å². The Morgan fingerprint density at radius 3 is 2.96 bits per heavy atom. The van der Waals surface area contributed by atoms with Crippen molar-refractivity contribution in [1.29, 1.82) is 0 Å². The topological polar surface area (TPSA) is 74.5 Å². The van der Waals surface area contributed by atoms with Crippen molar-refractivity contribution in [2.45, 2.75) is 39.7 Å². The number of nitrogens with zero attached hydrogens (tertiary/aromatic N) is 4. The summed E-state index contributed by atoms with van der Waals surface area (Å²) in [5, 5.41) is 10.6. The third kappa shape index (κ3) is 5.54.